The lowest BCUT2D eigenvalue weighted by Gasteiger charge is -2.09. The first-order valence-electron chi connectivity index (χ1n) is 9.27. The first-order chi connectivity index (χ1) is 11.3. The van der Waals surface area contributed by atoms with Gasteiger partial charge < -0.3 is 14.9 Å². The second-order valence-electron chi connectivity index (χ2n) is 6.33. The fourth-order valence-electron chi connectivity index (χ4n) is 2.77. The third-order valence-electron chi connectivity index (χ3n) is 4.16. The summed E-state index contributed by atoms with van der Waals surface area (Å²) in [5.74, 6) is 0.747. The Balaban J connectivity index is 2.04. The Hall–Kier alpha value is -1.06. The number of aliphatic hydroxyl groups excluding tert-OH is 2. The van der Waals surface area contributed by atoms with Crippen LogP contribution < -0.4 is 4.74 Å². The highest BCUT2D eigenvalue weighted by Crippen LogP contribution is 2.18. The molecule has 0 radical (unpaired) electrons. The zero-order valence-corrected chi connectivity index (χ0v) is 14.7. The Morgan fingerprint density at radius 3 is 1.65 bits per heavy atom. The number of unbranched alkanes of at least 4 members (excludes halogenated alkanes) is 9. The third kappa shape index (κ3) is 9.62. The molecule has 0 spiro atoms. The Morgan fingerprint density at radius 1 is 0.696 bits per heavy atom. The van der Waals surface area contributed by atoms with E-state index < -0.39 is 0 Å². The van der Waals surface area contributed by atoms with Gasteiger partial charge in [-0.05, 0) is 29.7 Å². The summed E-state index contributed by atoms with van der Waals surface area (Å²) in [5, 5.41) is 18.4. The van der Waals surface area contributed by atoms with Gasteiger partial charge in [0, 0.05) is 0 Å². The number of ether oxygens (including phenoxy) is 1. The molecular formula is C20H34O3. The van der Waals surface area contributed by atoms with Crippen LogP contribution in [0.25, 0.3) is 0 Å². The van der Waals surface area contributed by atoms with E-state index in [1.165, 1.54) is 57.8 Å². The van der Waals surface area contributed by atoms with Crippen molar-refractivity contribution in [1.82, 2.24) is 0 Å². The molecule has 3 heteroatoms. The van der Waals surface area contributed by atoms with Gasteiger partial charge in [0.25, 0.3) is 0 Å². The SMILES string of the molecule is CCCCCCCCCCCCOc1cc(CO)cc(CO)c1. The normalized spacial score (nSPS) is 10.9. The van der Waals surface area contributed by atoms with Gasteiger partial charge in [0.1, 0.15) is 5.75 Å². The number of aliphatic hydroxyl groups is 2. The van der Waals surface area contributed by atoms with Crippen molar-refractivity contribution < 1.29 is 14.9 Å². The van der Waals surface area contributed by atoms with Gasteiger partial charge >= 0.3 is 0 Å². The number of benzene rings is 1. The monoisotopic (exact) mass is 322 g/mol. The molecule has 0 saturated carbocycles. The molecule has 0 saturated heterocycles. The van der Waals surface area contributed by atoms with Crippen LogP contribution >= 0.6 is 0 Å². The number of hydrogen-bond acceptors (Lipinski definition) is 3. The van der Waals surface area contributed by atoms with Gasteiger partial charge in [-0.15, -0.1) is 0 Å². The molecule has 0 unspecified atom stereocenters. The van der Waals surface area contributed by atoms with Crippen LogP contribution in [-0.4, -0.2) is 16.8 Å². The molecule has 3 nitrogen and oxygen atoms in total. The highest BCUT2D eigenvalue weighted by Gasteiger charge is 2.01. The minimum absolute atomic E-state index is 0.0253. The van der Waals surface area contributed by atoms with Crippen LogP contribution in [0.4, 0.5) is 0 Å². The summed E-state index contributed by atoms with van der Waals surface area (Å²) in [6.45, 7) is 2.91. The van der Waals surface area contributed by atoms with Gasteiger partial charge in [-0.2, -0.15) is 0 Å². The van der Waals surface area contributed by atoms with Crippen molar-refractivity contribution in [1.29, 1.82) is 0 Å². The van der Waals surface area contributed by atoms with Crippen molar-refractivity contribution in [2.45, 2.75) is 84.3 Å². The zero-order chi connectivity index (χ0) is 16.8. The van der Waals surface area contributed by atoms with Crippen LogP contribution in [0, 0.1) is 0 Å². The Morgan fingerprint density at radius 2 is 1.17 bits per heavy atom. The third-order valence-corrected chi connectivity index (χ3v) is 4.16. The van der Waals surface area contributed by atoms with Gasteiger partial charge in [-0.25, -0.2) is 0 Å². The fourth-order valence-corrected chi connectivity index (χ4v) is 2.77. The van der Waals surface area contributed by atoms with Crippen molar-refractivity contribution in [3.8, 4) is 5.75 Å². The van der Waals surface area contributed by atoms with E-state index in [9.17, 15) is 10.2 Å². The molecule has 0 aliphatic heterocycles. The maximum Gasteiger partial charge on any atom is 0.120 e. The second-order valence-corrected chi connectivity index (χ2v) is 6.33. The van der Waals surface area contributed by atoms with Crippen LogP contribution in [0.1, 0.15) is 82.3 Å². The molecule has 0 aliphatic carbocycles. The second kappa shape index (κ2) is 13.4. The summed E-state index contributed by atoms with van der Waals surface area (Å²) in [6.07, 6.45) is 13.1. The minimum atomic E-state index is -0.0253. The molecule has 0 atom stereocenters. The van der Waals surface area contributed by atoms with Crippen LogP contribution in [0.3, 0.4) is 0 Å². The summed E-state index contributed by atoms with van der Waals surface area (Å²) < 4.78 is 5.74. The van der Waals surface area contributed by atoms with Gasteiger partial charge in [0.15, 0.2) is 0 Å². The van der Waals surface area contributed by atoms with Crippen molar-refractivity contribution in [2.24, 2.45) is 0 Å². The highest BCUT2D eigenvalue weighted by atomic mass is 16.5. The van der Waals surface area contributed by atoms with E-state index >= 15 is 0 Å². The highest BCUT2D eigenvalue weighted by molar-refractivity contribution is 5.33. The van der Waals surface area contributed by atoms with Crippen molar-refractivity contribution in [3.63, 3.8) is 0 Å². The van der Waals surface area contributed by atoms with Crippen LogP contribution in [0.15, 0.2) is 18.2 Å². The van der Waals surface area contributed by atoms with Gasteiger partial charge in [-0.3, -0.25) is 0 Å². The molecule has 0 amide bonds. The fraction of sp³-hybridized carbons (Fsp3) is 0.700. The van der Waals surface area contributed by atoms with E-state index in [-0.39, 0.29) is 13.2 Å². The maximum absolute atomic E-state index is 9.20. The smallest absolute Gasteiger partial charge is 0.120 e. The van der Waals surface area contributed by atoms with Gasteiger partial charge in [0.05, 0.1) is 19.8 Å². The lowest BCUT2D eigenvalue weighted by atomic mass is 10.1. The van der Waals surface area contributed by atoms with E-state index in [1.807, 2.05) is 12.1 Å². The van der Waals surface area contributed by atoms with Gasteiger partial charge in [0.2, 0.25) is 0 Å². The average molecular weight is 322 g/mol. The Bertz CT molecular complexity index is 382. The summed E-state index contributed by atoms with van der Waals surface area (Å²) in [4.78, 5) is 0. The molecule has 23 heavy (non-hydrogen) atoms. The summed E-state index contributed by atoms with van der Waals surface area (Å²) in [6, 6.07) is 5.48. The maximum atomic E-state index is 9.20. The van der Waals surface area contributed by atoms with E-state index in [0.29, 0.717) is 6.61 Å². The molecular weight excluding hydrogens is 288 g/mol. The van der Waals surface area contributed by atoms with E-state index in [4.69, 9.17) is 4.74 Å². The molecule has 0 bridgehead atoms. The number of hydrogen-bond donors (Lipinski definition) is 2. The minimum Gasteiger partial charge on any atom is -0.494 e. The zero-order valence-electron chi connectivity index (χ0n) is 14.7. The first-order valence-corrected chi connectivity index (χ1v) is 9.27. The average Bonchev–Trinajstić information content (AvgIpc) is 2.59. The molecule has 2 N–H and O–H groups in total. The molecule has 0 aromatic heterocycles. The summed E-state index contributed by atoms with van der Waals surface area (Å²) in [7, 11) is 0. The quantitative estimate of drug-likeness (QED) is 0.475. The van der Waals surface area contributed by atoms with Crippen LogP contribution in [0.2, 0.25) is 0 Å². The molecule has 1 rings (SSSR count). The lowest BCUT2D eigenvalue weighted by molar-refractivity contribution is 0.269. The van der Waals surface area contributed by atoms with Crippen LogP contribution in [0.5, 0.6) is 5.75 Å². The van der Waals surface area contributed by atoms with Crippen molar-refractivity contribution >= 4 is 0 Å². The molecule has 0 heterocycles. The largest absolute Gasteiger partial charge is 0.494 e. The van der Waals surface area contributed by atoms with E-state index in [2.05, 4.69) is 6.92 Å². The van der Waals surface area contributed by atoms with Crippen molar-refractivity contribution in [3.05, 3.63) is 29.3 Å². The predicted molar refractivity (Wildman–Crippen MR) is 95.6 cm³/mol. The topological polar surface area (TPSA) is 49.7 Å². The molecule has 132 valence electrons. The number of rotatable bonds is 14. The standard InChI is InChI=1S/C20H34O3/c1-2-3-4-5-6-7-8-9-10-11-12-23-20-14-18(16-21)13-19(15-20)17-22/h13-15,21-22H,2-12,16-17H2,1H3. The molecule has 1 aromatic rings. The first kappa shape index (κ1) is 20.0. The van der Waals surface area contributed by atoms with Gasteiger partial charge in [-0.1, -0.05) is 70.8 Å². The lowest BCUT2D eigenvalue weighted by Crippen LogP contribution is -1.99. The molecule has 1 aromatic carbocycles. The Labute approximate surface area is 141 Å². The van der Waals surface area contributed by atoms with Crippen molar-refractivity contribution in [2.75, 3.05) is 6.61 Å². The summed E-state index contributed by atoms with van der Waals surface area (Å²) >= 11 is 0. The predicted octanol–water partition coefficient (Wildman–Crippen LogP) is 4.97. The van der Waals surface area contributed by atoms with E-state index in [0.717, 1.165) is 23.3 Å². The Kier molecular flexibility index (Phi) is 11.6. The van der Waals surface area contributed by atoms with Crippen LogP contribution in [-0.2, 0) is 13.2 Å². The van der Waals surface area contributed by atoms with E-state index in [1.54, 1.807) is 6.07 Å². The summed E-state index contributed by atoms with van der Waals surface area (Å²) in [5.41, 5.74) is 1.57. The molecule has 0 fully saturated rings. The molecule has 0 aliphatic rings.